The highest BCUT2D eigenvalue weighted by Crippen LogP contribution is 2.48. The molecule has 0 radical (unpaired) electrons. The molecule has 0 fully saturated rings. The normalized spacial score (nSPS) is 17.5. The van der Waals surface area contributed by atoms with Crippen molar-refractivity contribution in [3.63, 3.8) is 0 Å². The lowest BCUT2D eigenvalue weighted by Gasteiger charge is -2.35. The third-order valence-corrected chi connectivity index (χ3v) is 6.04. The maximum Gasteiger partial charge on any atom is 0.229 e. The second-order valence-electron chi connectivity index (χ2n) is 7.71. The van der Waals surface area contributed by atoms with Crippen molar-refractivity contribution >= 4 is 23.1 Å². The second kappa shape index (κ2) is 6.52. The summed E-state index contributed by atoms with van der Waals surface area (Å²) in [6.45, 7) is 0. The van der Waals surface area contributed by atoms with Gasteiger partial charge in [-0.25, -0.2) is 0 Å². The number of rotatable bonds is 1. The van der Waals surface area contributed by atoms with Gasteiger partial charge in [-0.2, -0.15) is 0 Å². The van der Waals surface area contributed by atoms with E-state index in [1.165, 1.54) is 12.4 Å². The number of hydrogen-bond acceptors (Lipinski definition) is 6. The van der Waals surface area contributed by atoms with Crippen molar-refractivity contribution in [2.75, 3.05) is 0 Å². The molecule has 0 unspecified atom stereocenters. The number of carbonyl (C=O) groups is 4. The monoisotopic (exact) mass is 419 g/mol. The third kappa shape index (κ3) is 2.32. The van der Waals surface area contributed by atoms with Gasteiger partial charge in [0.1, 0.15) is 0 Å². The Morgan fingerprint density at radius 1 is 0.562 bits per heavy atom. The molecule has 6 nitrogen and oxygen atoms in total. The first-order valence-electron chi connectivity index (χ1n) is 10.0. The van der Waals surface area contributed by atoms with Gasteiger partial charge >= 0.3 is 0 Å². The van der Waals surface area contributed by atoms with Gasteiger partial charge in [-0.05, 0) is 17.7 Å². The van der Waals surface area contributed by atoms with E-state index in [1.54, 1.807) is 60.7 Å². The summed E-state index contributed by atoms with van der Waals surface area (Å²) < 4.78 is 5.83. The van der Waals surface area contributed by atoms with E-state index in [0.29, 0.717) is 5.56 Å². The molecule has 6 rings (SSSR count). The first kappa shape index (κ1) is 18.3. The van der Waals surface area contributed by atoms with Crippen LogP contribution in [-0.2, 0) is 4.74 Å². The SMILES string of the molecule is O=C1C2=C(C(=O)c3ccccc31)C(c1ccncc1)C1=C(O2)C(=O)c2ccccc2C1=O. The van der Waals surface area contributed by atoms with Crippen LogP contribution in [0.5, 0.6) is 0 Å². The van der Waals surface area contributed by atoms with Gasteiger partial charge in [0.2, 0.25) is 11.6 Å². The molecule has 0 amide bonds. The van der Waals surface area contributed by atoms with Crippen molar-refractivity contribution < 1.29 is 23.9 Å². The quantitative estimate of drug-likeness (QED) is 0.595. The van der Waals surface area contributed by atoms with E-state index in [2.05, 4.69) is 4.98 Å². The molecule has 1 aliphatic heterocycles. The highest BCUT2D eigenvalue weighted by molar-refractivity contribution is 6.32. The number of Topliss-reactive ketones (excluding diaryl/α,β-unsaturated/α-hetero) is 4. The molecule has 2 aromatic carbocycles. The van der Waals surface area contributed by atoms with Gasteiger partial charge in [-0.15, -0.1) is 0 Å². The van der Waals surface area contributed by atoms with Gasteiger partial charge < -0.3 is 4.74 Å². The summed E-state index contributed by atoms with van der Waals surface area (Å²) in [6.07, 6.45) is 3.08. The third-order valence-electron chi connectivity index (χ3n) is 6.04. The number of ether oxygens (including phenoxy) is 1. The number of carbonyl (C=O) groups excluding carboxylic acids is 4. The molecule has 3 aliphatic rings. The number of hydrogen-bond donors (Lipinski definition) is 0. The molecule has 152 valence electrons. The molecule has 32 heavy (non-hydrogen) atoms. The maximum absolute atomic E-state index is 13.6. The molecule has 0 saturated carbocycles. The Hall–Kier alpha value is -4.45. The van der Waals surface area contributed by atoms with Crippen LogP contribution >= 0.6 is 0 Å². The van der Waals surface area contributed by atoms with E-state index < -0.39 is 29.1 Å². The lowest BCUT2D eigenvalue weighted by atomic mass is 9.71. The molecule has 0 spiro atoms. The van der Waals surface area contributed by atoms with Crippen LogP contribution in [-0.4, -0.2) is 28.1 Å². The predicted octanol–water partition coefficient (Wildman–Crippen LogP) is 3.86. The van der Waals surface area contributed by atoms with E-state index in [1.807, 2.05) is 0 Å². The minimum absolute atomic E-state index is 0.0687. The van der Waals surface area contributed by atoms with E-state index in [0.717, 1.165) is 0 Å². The summed E-state index contributed by atoms with van der Waals surface area (Å²) in [7, 11) is 0. The number of fused-ring (bicyclic) bond motifs is 2. The van der Waals surface area contributed by atoms with Gasteiger partial charge in [0.05, 0.1) is 11.1 Å². The Balaban J connectivity index is 1.65. The molecule has 0 bridgehead atoms. The standard InChI is InChI=1S/C26H13NO5/c28-21-14-5-1-3-7-16(14)23(30)25-19(21)18(13-9-11-27-12-10-13)20-22(29)15-6-2-4-8-17(15)24(31)26(20)32-25/h1-12,18H. The van der Waals surface area contributed by atoms with Crippen LogP contribution in [0.4, 0.5) is 0 Å². The van der Waals surface area contributed by atoms with Crippen LogP contribution in [0.25, 0.3) is 0 Å². The summed E-state index contributed by atoms with van der Waals surface area (Å²) >= 11 is 0. The lowest BCUT2D eigenvalue weighted by Crippen LogP contribution is -2.36. The molecule has 0 N–H and O–H groups in total. The highest BCUT2D eigenvalue weighted by atomic mass is 16.5. The zero-order valence-corrected chi connectivity index (χ0v) is 16.5. The topological polar surface area (TPSA) is 90.4 Å². The zero-order chi connectivity index (χ0) is 22.0. The van der Waals surface area contributed by atoms with Gasteiger partial charge in [0, 0.05) is 40.6 Å². The number of ketones is 4. The van der Waals surface area contributed by atoms with Crippen LogP contribution in [0.2, 0.25) is 0 Å². The summed E-state index contributed by atoms with van der Waals surface area (Å²) in [5.41, 5.74) is 1.63. The fourth-order valence-electron chi connectivity index (χ4n) is 4.61. The van der Waals surface area contributed by atoms with Gasteiger partial charge in [-0.1, -0.05) is 48.5 Å². The Labute approximate surface area is 181 Å². The number of benzene rings is 2. The number of allylic oxidation sites excluding steroid dienone is 4. The summed E-state index contributed by atoms with van der Waals surface area (Å²) in [5, 5.41) is 0. The smallest absolute Gasteiger partial charge is 0.229 e. The largest absolute Gasteiger partial charge is 0.448 e. The van der Waals surface area contributed by atoms with Crippen molar-refractivity contribution in [1.82, 2.24) is 4.98 Å². The minimum atomic E-state index is -0.925. The van der Waals surface area contributed by atoms with Crippen molar-refractivity contribution in [3.05, 3.63) is 124 Å². The van der Waals surface area contributed by atoms with Crippen molar-refractivity contribution in [2.45, 2.75) is 5.92 Å². The van der Waals surface area contributed by atoms with Crippen LogP contribution in [0.15, 0.2) is 95.7 Å². The Morgan fingerprint density at radius 2 is 0.969 bits per heavy atom. The molecule has 6 heteroatoms. The van der Waals surface area contributed by atoms with Crippen molar-refractivity contribution in [1.29, 1.82) is 0 Å². The van der Waals surface area contributed by atoms with E-state index in [4.69, 9.17) is 4.74 Å². The van der Waals surface area contributed by atoms with Gasteiger partial charge in [0.15, 0.2) is 23.1 Å². The Morgan fingerprint density at radius 3 is 1.41 bits per heavy atom. The summed E-state index contributed by atoms with van der Waals surface area (Å²) in [5.74, 6) is -3.10. The van der Waals surface area contributed by atoms with Crippen LogP contribution in [0, 0.1) is 0 Å². The van der Waals surface area contributed by atoms with Crippen molar-refractivity contribution in [3.8, 4) is 0 Å². The molecular formula is C26H13NO5. The maximum atomic E-state index is 13.6. The first-order chi connectivity index (χ1) is 15.6. The molecular weight excluding hydrogens is 406 g/mol. The fraction of sp³-hybridized carbons (Fsp3) is 0.0385. The van der Waals surface area contributed by atoms with E-state index in [9.17, 15) is 19.2 Å². The van der Waals surface area contributed by atoms with Gasteiger partial charge in [-0.3, -0.25) is 24.2 Å². The average Bonchev–Trinajstić information content (AvgIpc) is 2.85. The summed E-state index contributed by atoms with van der Waals surface area (Å²) in [6, 6.07) is 16.3. The number of nitrogens with zero attached hydrogens (tertiary/aromatic N) is 1. The zero-order valence-electron chi connectivity index (χ0n) is 16.5. The van der Waals surface area contributed by atoms with Crippen LogP contribution in [0.3, 0.4) is 0 Å². The lowest BCUT2D eigenvalue weighted by molar-refractivity contribution is 0.0822. The van der Waals surface area contributed by atoms with Gasteiger partial charge in [0.25, 0.3) is 0 Å². The first-order valence-corrected chi connectivity index (χ1v) is 10.0. The second-order valence-corrected chi connectivity index (χ2v) is 7.71. The molecule has 1 aromatic heterocycles. The van der Waals surface area contributed by atoms with Crippen molar-refractivity contribution in [2.24, 2.45) is 0 Å². The van der Waals surface area contributed by atoms with E-state index >= 15 is 0 Å². The Bertz CT molecular complexity index is 1370. The minimum Gasteiger partial charge on any atom is -0.448 e. The molecule has 2 aliphatic carbocycles. The molecule has 0 saturated heterocycles. The van der Waals surface area contributed by atoms with E-state index in [-0.39, 0.29) is 44.9 Å². The Kier molecular flexibility index (Phi) is 3.74. The average molecular weight is 419 g/mol. The number of pyridine rings is 1. The van der Waals surface area contributed by atoms with Crippen LogP contribution in [0.1, 0.15) is 52.9 Å². The number of aromatic nitrogens is 1. The fourth-order valence-corrected chi connectivity index (χ4v) is 4.61. The van der Waals surface area contributed by atoms with Crippen LogP contribution < -0.4 is 0 Å². The predicted molar refractivity (Wildman–Crippen MR) is 112 cm³/mol. The molecule has 0 atom stereocenters. The molecule has 2 heterocycles. The summed E-state index contributed by atoms with van der Waals surface area (Å²) in [4.78, 5) is 57.8. The highest BCUT2D eigenvalue weighted by Gasteiger charge is 2.49. The molecule has 3 aromatic rings.